The maximum Gasteiger partial charge on any atom is 0.225 e. The van der Waals surface area contributed by atoms with Gasteiger partial charge in [0.25, 0.3) is 0 Å². The van der Waals surface area contributed by atoms with Crippen molar-refractivity contribution >= 4 is 21.8 Å². The molecule has 1 aromatic rings. The van der Waals surface area contributed by atoms with Gasteiger partial charge in [0.1, 0.15) is 0 Å². The lowest BCUT2D eigenvalue weighted by Gasteiger charge is -2.24. The van der Waals surface area contributed by atoms with E-state index < -0.39 is 0 Å². The van der Waals surface area contributed by atoms with Crippen molar-refractivity contribution in [3.8, 4) is 0 Å². The number of amides is 1. The van der Waals surface area contributed by atoms with Crippen molar-refractivity contribution in [2.45, 2.75) is 38.1 Å². The van der Waals surface area contributed by atoms with Gasteiger partial charge >= 0.3 is 0 Å². The van der Waals surface area contributed by atoms with Gasteiger partial charge < -0.3 is 5.32 Å². The predicted molar refractivity (Wildman–Crippen MR) is 73.2 cm³/mol. The zero-order valence-corrected chi connectivity index (χ0v) is 12.0. The van der Waals surface area contributed by atoms with Crippen molar-refractivity contribution in [2.75, 3.05) is 0 Å². The molecular formula is C14H18BrNO. The molecule has 17 heavy (non-hydrogen) atoms. The maximum atomic E-state index is 12.0. The number of rotatable bonds is 1. The first kappa shape index (κ1) is 12.6. The molecule has 0 saturated heterocycles. The van der Waals surface area contributed by atoms with Crippen LogP contribution >= 0.6 is 15.9 Å². The van der Waals surface area contributed by atoms with Gasteiger partial charge in [-0.1, -0.05) is 61.0 Å². The summed E-state index contributed by atoms with van der Waals surface area (Å²) in [6.45, 7) is 5.81. The Hall–Kier alpha value is -0.830. The molecule has 2 nitrogen and oxygen atoms in total. The zero-order valence-electron chi connectivity index (χ0n) is 10.5. The van der Waals surface area contributed by atoms with Crippen LogP contribution in [0.2, 0.25) is 0 Å². The first-order valence-corrected chi connectivity index (χ1v) is 6.84. The number of carbonyl (C=O) groups excluding carboxylic acids is 1. The Balaban J connectivity index is 2.20. The predicted octanol–water partition coefficient (Wildman–Crippen LogP) is 3.21. The largest absolute Gasteiger partial charge is 0.348 e. The lowest BCUT2D eigenvalue weighted by molar-refractivity contribution is -0.129. The third-order valence-corrected chi connectivity index (χ3v) is 3.99. The number of halogens is 1. The van der Waals surface area contributed by atoms with Gasteiger partial charge in [0.05, 0.1) is 6.04 Å². The summed E-state index contributed by atoms with van der Waals surface area (Å²) in [6, 6.07) is 8.40. The first-order valence-electron chi connectivity index (χ1n) is 5.92. The number of hydrogen-bond acceptors (Lipinski definition) is 1. The van der Waals surface area contributed by atoms with Crippen LogP contribution in [-0.2, 0) is 11.2 Å². The van der Waals surface area contributed by atoms with Crippen molar-refractivity contribution in [2.24, 2.45) is 5.41 Å². The molecule has 0 aliphatic heterocycles. The molecule has 92 valence electrons. The lowest BCUT2D eigenvalue weighted by Crippen LogP contribution is -2.39. The molecule has 2 unspecified atom stereocenters. The summed E-state index contributed by atoms with van der Waals surface area (Å²) in [6.07, 6.45) is 0.977. The fourth-order valence-electron chi connectivity index (χ4n) is 2.07. The molecule has 0 bridgehead atoms. The van der Waals surface area contributed by atoms with Crippen molar-refractivity contribution in [3.63, 3.8) is 0 Å². The van der Waals surface area contributed by atoms with Gasteiger partial charge in [-0.25, -0.2) is 0 Å². The second-order valence-electron chi connectivity index (χ2n) is 5.62. The van der Waals surface area contributed by atoms with E-state index in [4.69, 9.17) is 0 Å². The van der Waals surface area contributed by atoms with Crippen LogP contribution in [0.25, 0.3) is 0 Å². The molecule has 2 atom stereocenters. The van der Waals surface area contributed by atoms with Crippen LogP contribution in [0.1, 0.15) is 37.9 Å². The summed E-state index contributed by atoms with van der Waals surface area (Å²) in [5.74, 6) is 0.101. The highest BCUT2D eigenvalue weighted by Gasteiger charge is 2.33. The average Bonchev–Trinajstić information content (AvgIpc) is 2.54. The molecule has 0 radical (unpaired) electrons. The van der Waals surface area contributed by atoms with Crippen LogP contribution in [0.4, 0.5) is 0 Å². The van der Waals surface area contributed by atoms with Gasteiger partial charge in [-0.3, -0.25) is 4.79 Å². The van der Waals surface area contributed by atoms with Crippen LogP contribution in [0.5, 0.6) is 0 Å². The summed E-state index contributed by atoms with van der Waals surface area (Å²) in [4.78, 5) is 12.3. The summed E-state index contributed by atoms with van der Waals surface area (Å²) in [5, 5.41) is 3.14. The maximum absolute atomic E-state index is 12.0. The topological polar surface area (TPSA) is 29.1 Å². The number of benzene rings is 1. The highest BCUT2D eigenvalue weighted by molar-refractivity contribution is 9.09. The van der Waals surface area contributed by atoms with Crippen LogP contribution in [-0.4, -0.2) is 10.7 Å². The quantitative estimate of drug-likeness (QED) is 0.792. The zero-order chi connectivity index (χ0) is 12.6. The van der Waals surface area contributed by atoms with E-state index in [1.807, 2.05) is 32.9 Å². The first-order chi connectivity index (χ1) is 7.89. The SMILES string of the molecule is CC(C)(C)C(=O)NC1c2ccccc2CC1Br. The number of hydrogen-bond donors (Lipinski definition) is 1. The van der Waals surface area contributed by atoms with Gasteiger partial charge in [0, 0.05) is 10.2 Å². The smallest absolute Gasteiger partial charge is 0.225 e. The van der Waals surface area contributed by atoms with E-state index in [9.17, 15) is 4.79 Å². The van der Waals surface area contributed by atoms with Crippen molar-refractivity contribution in [3.05, 3.63) is 35.4 Å². The van der Waals surface area contributed by atoms with E-state index in [1.165, 1.54) is 11.1 Å². The Morgan fingerprint density at radius 1 is 1.35 bits per heavy atom. The third-order valence-electron chi connectivity index (χ3n) is 3.13. The number of nitrogens with one attached hydrogen (secondary N) is 1. The van der Waals surface area contributed by atoms with Gasteiger partial charge in [0.2, 0.25) is 5.91 Å². The van der Waals surface area contributed by atoms with E-state index in [1.54, 1.807) is 0 Å². The van der Waals surface area contributed by atoms with E-state index >= 15 is 0 Å². The average molecular weight is 296 g/mol. The Morgan fingerprint density at radius 3 is 2.65 bits per heavy atom. The molecule has 0 saturated carbocycles. The summed E-state index contributed by atoms with van der Waals surface area (Å²) in [7, 11) is 0. The minimum atomic E-state index is -0.343. The van der Waals surface area contributed by atoms with Crippen molar-refractivity contribution in [1.82, 2.24) is 5.32 Å². The molecule has 1 aliphatic rings. The molecule has 3 heteroatoms. The van der Waals surface area contributed by atoms with Crippen LogP contribution in [0.15, 0.2) is 24.3 Å². The molecule has 1 aromatic carbocycles. The number of fused-ring (bicyclic) bond motifs is 1. The third kappa shape index (κ3) is 2.54. The minimum Gasteiger partial charge on any atom is -0.348 e. The fraction of sp³-hybridized carbons (Fsp3) is 0.500. The molecule has 1 amide bonds. The summed E-state index contributed by atoms with van der Waals surface area (Å²) in [5.41, 5.74) is 2.23. The second-order valence-corrected chi connectivity index (χ2v) is 6.80. The summed E-state index contributed by atoms with van der Waals surface area (Å²) >= 11 is 3.67. The van der Waals surface area contributed by atoms with Gasteiger partial charge in [-0.2, -0.15) is 0 Å². The molecular weight excluding hydrogens is 278 g/mol. The van der Waals surface area contributed by atoms with Crippen LogP contribution in [0.3, 0.4) is 0 Å². The van der Waals surface area contributed by atoms with E-state index in [0.717, 1.165) is 6.42 Å². The fourth-order valence-corrected chi connectivity index (χ4v) is 2.84. The van der Waals surface area contributed by atoms with Crippen molar-refractivity contribution < 1.29 is 4.79 Å². The van der Waals surface area contributed by atoms with Gasteiger partial charge in [0.15, 0.2) is 0 Å². The molecule has 0 aromatic heterocycles. The molecule has 0 heterocycles. The Kier molecular flexibility index (Phi) is 3.30. The molecule has 0 spiro atoms. The standard InChI is InChI=1S/C14H18BrNO/c1-14(2,3)13(17)16-12-10-7-5-4-6-9(10)8-11(12)15/h4-7,11-12H,8H2,1-3H3,(H,16,17). The van der Waals surface area contributed by atoms with Gasteiger partial charge in [-0.05, 0) is 17.5 Å². The molecule has 1 aliphatic carbocycles. The van der Waals surface area contributed by atoms with Crippen LogP contribution < -0.4 is 5.32 Å². The number of alkyl halides is 1. The van der Waals surface area contributed by atoms with Gasteiger partial charge in [-0.15, -0.1) is 0 Å². The molecule has 1 N–H and O–H groups in total. The number of carbonyl (C=O) groups is 1. The van der Waals surface area contributed by atoms with E-state index in [-0.39, 0.29) is 17.4 Å². The highest BCUT2D eigenvalue weighted by atomic mass is 79.9. The Labute approximate surface area is 111 Å². The van der Waals surface area contributed by atoms with E-state index in [2.05, 4.69) is 33.4 Å². The summed E-state index contributed by atoms with van der Waals surface area (Å²) < 4.78 is 0. The Morgan fingerprint density at radius 2 is 2.00 bits per heavy atom. The van der Waals surface area contributed by atoms with Crippen molar-refractivity contribution in [1.29, 1.82) is 0 Å². The van der Waals surface area contributed by atoms with Crippen LogP contribution in [0, 0.1) is 5.41 Å². The van der Waals surface area contributed by atoms with E-state index in [0.29, 0.717) is 4.83 Å². The Bertz CT molecular complexity index is 436. The minimum absolute atomic E-state index is 0.0953. The lowest BCUT2D eigenvalue weighted by atomic mass is 9.94. The normalized spacial score (nSPS) is 23.3. The monoisotopic (exact) mass is 295 g/mol. The molecule has 0 fully saturated rings. The molecule has 2 rings (SSSR count). The highest BCUT2D eigenvalue weighted by Crippen LogP contribution is 2.36. The second kappa shape index (κ2) is 4.45.